The smallest absolute Gasteiger partial charge is 0.0708 e. The molecule has 1 radical (unpaired) electrons. The first-order valence-electron chi connectivity index (χ1n) is 14.6. The van der Waals surface area contributed by atoms with E-state index in [1.54, 1.807) is 0 Å². The Balaban J connectivity index is 0.000000168. The van der Waals surface area contributed by atoms with Crippen molar-refractivity contribution < 1.29 is 20.1 Å². The molecule has 2 aliphatic rings. The Labute approximate surface area is 269 Å². The number of aromatic nitrogens is 2. The van der Waals surface area contributed by atoms with Crippen LogP contribution < -0.4 is 0 Å². The van der Waals surface area contributed by atoms with E-state index in [0.29, 0.717) is 11.8 Å². The van der Waals surface area contributed by atoms with Gasteiger partial charge >= 0.3 is 0 Å². The third-order valence-electron chi connectivity index (χ3n) is 7.88. The molecule has 2 heterocycles. The molecule has 5 aromatic rings. The zero-order valence-corrected chi connectivity index (χ0v) is 27.1. The first kappa shape index (κ1) is 30.3. The van der Waals surface area contributed by atoms with Gasteiger partial charge in [-0.25, -0.2) is 0 Å². The number of rotatable bonds is 3. The van der Waals surface area contributed by atoms with Crippen LogP contribution in [0.3, 0.4) is 0 Å². The van der Waals surface area contributed by atoms with Gasteiger partial charge in [0.1, 0.15) is 0 Å². The van der Waals surface area contributed by atoms with Gasteiger partial charge in [0.25, 0.3) is 0 Å². The van der Waals surface area contributed by atoms with E-state index >= 15 is 0 Å². The largest absolute Gasteiger partial charge is 0.305 e. The number of allylic oxidation sites excluding steroid dienone is 5. The van der Waals surface area contributed by atoms with Crippen molar-refractivity contribution in [1.29, 1.82) is 0 Å². The van der Waals surface area contributed by atoms with Crippen LogP contribution >= 0.6 is 0 Å². The number of benzene rings is 3. The average Bonchev–Trinajstić information content (AvgIpc) is 3.05. The van der Waals surface area contributed by atoms with Crippen LogP contribution in [0.4, 0.5) is 0 Å². The van der Waals surface area contributed by atoms with Crippen molar-refractivity contribution in [2.75, 3.05) is 0 Å². The maximum absolute atomic E-state index is 4.56. The molecule has 0 saturated carbocycles. The Morgan fingerprint density at radius 2 is 1.42 bits per heavy atom. The Bertz CT molecular complexity index is 1760. The fraction of sp³-hybridized carbons (Fsp3) is 0.150. The van der Waals surface area contributed by atoms with Crippen LogP contribution in [0, 0.1) is 12.0 Å². The van der Waals surface area contributed by atoms with Gasteiger partial charge in [0.05, 0.1) is 5.69 Å². The molecule has 2 atom stereocenters. The second-order valence-electron chi connectivity index (χ2n) is 11.8. The summed E-state index contributed by atoms with van der Waals surface area (Å²) in [6, 6.07) is 37.0. The van der Waals surface area contributed by atoms with Crippen LogP contribution in [0.2, 0.25) is 0 Å². The van der Waals surface area contributed by atoms with E-state index in [1.807, 2.05) is 36.7 Å². The van der Waals surface area contributed by atoms with Crippen LogP contribution in [-0.2, 0) is 25.5 Å². The third-order valence-corrected chi connectivity index (χ3v) is 7.88. The van der Waals surface area contributed by atoms with Gasteiger partial charge in [-0.1, -0.05) is 112 Å². The minimum absolute atomic E-state index is 0. The quantitative estimate of drug-likeness (QED) is 0.173. The van der Waals surface area contributed by atoms with Gasteiger partial charge in [0.15, 0.2) is 0 Å². The molecule has 7 rings (SSSR count). The molecular formula is C40H35IrN2-. The second kappa shape index (κ2) is 13.4. The topological polar surface area (TPSA) is 25.8 Å². The summed E-state index contributed by atoms with van der Waals surface area (Å²) >= 11 is 0. The number of fused-ring (bicyclic) bond motifs is 3. The zero-order chi connectivity index (χ0) is 28.9. The molecular weight excluding hydrogens is 701 g/mol. The van der Waals surface area contributed by atoms with Crippen molar-refractivity contribution in [3.8, 4) is 33.6 Å². The summed E-state index contributed by atoms with van der Waals surface area (Å²) in [6.45, 7) is 6.71. The van der Waals surface area contributed by atoms with Gasteiger partial charge in [0, 0.05) is 44.0 Å². The van der Waals surface area contributed by atoms with E-state index in [0.717, 1.165) is 17.0 Å². The summed E-state index contributed by atoms with van der Waals surface area (Å²) in [6.07, 6.45) is 17.0. The van der Waals surface area contributed by atoms with Gasteiger partial charge in [-0.15, -0.1) is 41.0 Å². The summed E-state index contributed by atoms with van der Waals surface area (Å²) < 4.78 is 0. The first-order valence-corrected chi connectivity index (χ1v) is 14.6. The van der Waals surface area contributed by atoms with Crippen molar-refractivity contribution in [3.63, 3.8) is 0 Å². The standard InChI is InChI=1S/C21H21N.C19H14N.Ir/c1-21(2,3)19-11-7-10-18(14-19)20-15-17(12-13-22-20)16-8-5-4-6-9-16;1-2-6-17-14(5-1)8-9-15-10-11-16(13-18(15)17)19-7-3-4-12-20-19;/h4-15H,1-3H3;1-10,12-14,17H;/q;-1;. The second-order valence-corrected chi connectivity index (χ2v) is 11.8. The maximum Gasteiger partial charge on any atom is 0.0708 e. The van der Waals surface area contributed by atoms with Crippen LogP contribution in [0.1, 0.15) is 43.4 Å². The normalized spacial score (nSPS) is 16.3. The monoisotopic (exact) mass is 736 g/mol. The molecule has 0 spiro atoms. The van der Waals surface area contributed by atoms with Crippen molar-refractivity contribution in [2.24, 2.45) is 5.92 Å². The molecule has 215 valence electrons. The van der Waals surface area contributed by atoms with Crippen LogP contribution in [0.5, 0.6) is 0 Å². The minimum atomic E-state index is 0. The van der Waals surface area contributed by atoms with E-state index in [1.165, 1.54) is 33.4 Å². The number of pyridine rings is 2. The first-order chi connectivity index (χ1) is 20.5. The van der Waals surface area contributed by atoms with Gasteiger partial charge in [-0.05, 0) is 58.0 Å². The molecule has 2 unspecified atom stereocenters. The Kier molecular flexibility index (Phi) is 9.46. The summed E-state index contributed by atoms with van der Waals surface area (Å²) in [5.41, 5.74) is 10.8. The Morgan fingerprint density at radius 1 is 0.651 bits per heavy atom. The Hall–Kier alpha value is -4.17. The predicted octanol–water partition coefficient (Wildman–Crippen LogP) is 10.1. The maximum atomic E-state index is 4.56. The molecule has 3 heteroatoms. The minimum Gasteiger partial charge on any atom is -0.305 e. The molecule has 3 aromatic carbocycles. The van der Waals surface area contributed by atoms with Gasteiger partial charge in [-0.2, -0.15) is 0 Å². The number of hydrogen-bond donors (Lipinski definition) is 0. The molecule has 0 amide bonds. The van der Waals surface area contributed by atoms with Gasteiger partial charge in [-0.3, -0.25) is 4.98 Å². The van der Waals surface area contributed by atoms with Crippen LogP contribution in [0.15, 0.2) is 140 Å². The number of hydrogen-bond acceptors (Lipinski definition) is 2. The SMILES string of the molecule is CC(C)(C)c1cccc(-c2cc(-c3ccccc3)ccn2)c1.[Ir].[c-]1cc2c(cc1-c1ccccn1)C1C=CC=CC1C=C2. The van der Waals surface area contributed by atoms with Crippen molar-refractivity contribution in [1.82, 2.24) is 9.97 Å². The summed E-state index contributed by atoms with van der Waals surface area (Å²) in [7, 11) is 0. The summed E-state index contributed by atoms with van der Waals surface area (Å²) in [4.78, 5) is 8.98. The fourth-order valence-corrected chi connectivity index (χ4v) is 5.50. The molecule has 2 nitrogen and oxygen atoms in total. The van der Waals surface area contributed by atoms with Crippen LogP contribution in [0.25, 0.3) is 39.7 Å². The molecule has 0 N–H and O–H groups in total. The summed E-state index contributed by atoms with van der Waals surface area (Å²) in [5.74, 6) is 0.920. The van der Waals surface area contributed by atoms with E-state index in [4.69, 9.17) is 0 Å². The molecule has 43 heavy (non-hydrogen) atoms. The molecule has 2 aromatic heterocycles. The zero-order valence-electron chi connectivity index (χ0n) is 24.7. The molecule has 0 fully saturated rings. The third kappa shape index (κ3) is 7.08. The van der Waals surface area contributed by atoms with E-state index in [-0.39, 0.29) is 25.5 Å². The summed E-state index contributed by atoms with van der Waals surface area (Å²) in [5, 5.41) is 0. The fourth-order valence-electron chi connectivity index (χ4n) is 5.50. The van der Waals surface area contributed by atoms with Crippen LogP contribution in [-0.4, -0.2) is 9.97 Å². The van der Waals surface area contributed by atoms with E-state index < -0.39 is 0 Å². The molecule has 2 aliphatic carbocycles. The van der Waals surface area contributed by atoms with Crippen molar-refractivity contribution in [2.45, 2.75) is 32.1 Å². The molecule has 0 aliphatic heterocycles. The van der Waals surface area contributed by atoms with Gasteiger partial charge < -0.3 is 4.98 Å². The average molecular weight is 736 g/mol. The van der Waals surface area contributed by atoms with E-state index in [2.05, 4.69) is 146 Å². The predicted molar refractivity (Wildman–Crippen MR) is 176 cm³/mol. The Morgan fingerprint density at radius 3 is 2.21 bits per heavy atom. The van der Waals surface area contributed by atoms with E-state index in [9.17, 15) is 0 Å². The molecule has 0 saturated heterocycles. The van der Waals surface area contributed by atoms with Crippen molar-refractivity contribution in [3.05, 3.63) is 163 Å². The van der Waals surface area contributed by atoms with Crippen molar-refractivity contribution >= 4 is 6.08 Å². The molecule has 0 bridgehead atoms. The number of nitrogens with zero attached hydrogens (tertiary/aromatic N) is 2. The van der Waals surface area contributed by atoms with Gasteiger partial charge in [0.2, 0.25) is 0 Å².